The molecule has 0 spiro atoms. The van der Waals surface area contributed by atoms with Gasteiger partial charge in [-0.3, -0.25) is 9.69 Å². The maximum absolute atomic E-state index is 12.6. The molecule has 0 aliphatic carbocycles. The van der Waals surface area contributed by atoms with Crippen molar-refractivity contribution in [2.45, 2.75) is 65.3 Å². The Bertz CT molecular complexity index is 874. The van der Waals surface area contributed by atoms with Crippen molar-refractivity contribution in [3.05, 3.63) is 45.8 Å². The van der Waals surface area contributed by atoms with E-state index in [9.17, 15) is 9.59 Å². The molecule has 1 aromatic carbocycles. The van der Waals surface area contributed by atoms with E-state index in [4.69, 9.17) is 4.42 Å². The molecule has 1 unspecified atom stereocenters. The zero-order valence-corrected chi connectivity index (χ0v) is 17.8. The number of amides is 1. The molecule has 29 heavy (non-hydrogen) atoms. The van der Waals surface area contributed by atoms with Crippen LogP contribution in [-0.4, -0.2) is 30.4 Å². The van der Waals surface area contributed by atoms with Crippen LogP contribution in [0.15, 0.2) is 33.5 Å². The summed E-state index contributed by atoms with van der Waals surface area (Å²) in [6, 6.07) is 7.71. The minimum Gasteiger partial charge on any atom is -0.423 e. The van der Waals surface area contributed by atoms with Crippen LogP contribution in [0.1, 0.15) is 63.5 Å². The first-order valence-electron chi connectivity index (χ1n) is 11.2. The van der Waals surface area contributed by atoms with E-state index in [0.29, 0.717) is 12.1 Å². The second-order valence-electron chi connectivity index (χ2n) is 8.20. The third-order valence-corrected chi connectivity index (χ3v) is 5.90. The van der Waals surface area contributed by atoms with Gasteiger partial charge in [0.2, 0.25) is 5.91 Å². The largest absolute Gasteiger partial charge is 0.423 e. The van der Waals surface area contributed by atoms with E-state index < -0.39 is 0 Å². The van der Waals surface area contributed by atoms with Crippen LogP contribution < -0.4 is 10.9 Å². The third kappa shape index (κ3) is 5.92. The first kappa shape index (κ1) is 21.6. The van der Waals surface area contributed by atoms with Crippen molar-refractivity contribution in [2.75, 3.05) is 19.6 Å². The molecule has 1 N–H and O–H groups in total. The first-order chi connectivity index (χ1) is 14.1. The molecule has 0 bridgehead atoms. The summed E-state index contributed by atoms with van der Waals surface area (Å²) in [5.41, 5.74) is 2.50. The van der Waals surface area contributed by atoms with E-state index in [1.165, 1.54) is 19.3 Å². The smallest absolute Gasteiger partial charge is 0.336 e. The quantitative estimate of drug-likeness (QED) is 0.506. The van der Waals surface area contributed by atoms with E-state index in [0.717, 1.165) is 61.8 Å². The number of carbonyl (C=O) groups is 1. The number of hydrogen-bond donors (Lipinski definition) is 1. The molecule has 158 valence electrons. The Morgan fingerprint density at radius 2 is 2.07 bits per heavy atom. The summed E-state index contributed by atoms with van der Waals surface area (Å²) in [5.74, 6) is 0.212. The van der Waals surface area contributed by atoms with E-state index >= 15 is 0 Å². The molecule has 1 amide bonds. The Hall–Kier alpha value is -2.14. The Labute approximate surface area is 173 Å². The molecule has 1 aliphatic rings. The van der Waals surface area contributed by atoms with Gasteiger partial charge in [0.15, 0.2) is 0 Å². The summed E-state index contributed by atoms with van der Waals surface area (Å²) in [4.78, 5) is 26.9. The van der Waals surface area contributed by atoms with Crippen molar-refractivity contribution in [1.29, 1.82) is 0 Å². The Morgan fingerprint density at radius 1 is 1.21 bits per heavy atom. The standard InChI is InChI=1S/C24H34N2O3/c1-3-5-6-7-12-25-24(28)19-9-8-13-26(16-19)17-20-15-23(27)29-22-14-18(4-2)10-11-21(20)22/h10-11,14-15,19H,3-9,12-13,16-17H2,1-2H3,(H,25,28). The van der Waals surface area contributed by atoms with Gasteiger partial charge in [0, 0.05) is 31.1 Å². The van der Waals surface area contributed by atoms with E-state index in [1.807, 2.05) is 6.07 Å². The van der Waals surface area contributed by atoms with Crippen molar-refractivity contribution < 1.29 is 9.21 Å². The molecular formula is C24H34N2O3. The molecule has 1 fully saturated rings. The predicted molar refractivity (Wildman–Crippen MR) is 117 cm³/mol. The number of nitrogens with one attached hydrogen (secondary N) is 1. The van der Waals surface area contributed by atoms with Crippen LogP contribution in [0.5, 0.6) is 0 Å². The zero-order valence-electron chi connectivity index (χ0n) is 17.8. The SMILES string of the molecule is CCCCCCNC(=O)C1CCCN(Cc2cc(=O)oc3cc(CC)ccc23)C1. The molecule has 0 radical (unpaired) electrons. The highest BCUT2D eigenvalue weighted by atomic mass is 16.4. The molecule has 1 atom stereocenters. The van der Waals surface area contributed by atoms with Crippen molar-refractivity contribution in [3.63, 3.8) is 0 Å². The lowest BCUT2D eigenvalue weighted by atomic mass is 9.96. The number of fused-ring (bicyclic) bond motifs is 1. The topological polar surface area (TPSA) is 62.6 Å². The van der Waals surface area contributed by atoms with Crippen LogP contribution in [-0.2, 0) is 17.8 Å². The van der Waals surface area contributed by atoms with Crippen molar-refractivity contribution >= 4 is 16.9 Å². The van der Waals surface area contributed by atoms with Crippen LogP contribution in [0.2, 0.25) is 0 Å². The first-order valence-corrected chi connectivity index (χ1v) is 11.2. The minimum absolute atomic E-state index is 0.0352. The third-order valence-electron chi connectivity index (χ3n) is 5.90. The highest BCUT2D eigenvalue weighted by Crippen LogP contribution is 2.23. The summed E-state index contributed by atoms with van der Waals surface area (Å²) in [6.07, 6.45) is 7.52. The van der Waals surface area contributed by atoms with Gasteiger partial charge >= 0.3 is 5.63 Å². The second-order valence-corrected chi connectivity index (χ2v) is 8.20. The van der Waals surface area contributed by atoms with Gasteiger partial charge in [-0.25, -0.2) is 4.79 Å². The molecule has 5 nitrogen and oxygen atoms in total. The van der Waals surface area contributed by atoms with Gasteiger partial charge in [0.25, 0.3) is 0 Å². The normalized spacial score (nSPS) is 17.5. The van der Waals surface area contributed by atoms with Gasteiger partial charge in [-0.15, -0.1) is 0 Å². The van der Waals surface area contributed by atoms with Crippen LogP contribution in [0, 0.1) is 5.92 Å². The number of nitrogens with zero attached hydrogens (tertiary/aromatic N) is 1. The monoisotopic (exact) mass is 398 g/mol. The fourth-order valence-electron chi connectivity index (χ4n) is 4.19. The number of aryl methyl sites for hydroxylation is 1. The lowest BCUT2D eigenvalue weighted by Crippen LogP contribution is -2.43. The summed E-state index contributed by atoms with van der Waals surface area (Å²) < 4.78 is 5.43. The molecule has 1 aromatic heterocycles. The lowest BCUT2D eigenvalue weighted by Gasteiger charge is -2.32. The summed E-state index contributed by atoms with van der Waals surface area (Å²) in [6.45, 7) is 7.43. The summed E-state index contributed by atoms with van der Waals surface area (Å²) in [7, 11) is 0. The second kappa shape index (κ2) is 10.6. The number of piperidine rings is 1. The number of rotatable bonds is 9. The molecule has 2 heterocycles. The van der Waals surface area contributed by atoms with E-state index in [1.54, 1.807) is 6.07 Å². The van der Waals surface area contributed by atoms with E-state index in [-0.39, 0.29) is 17.5 Å². The lowest BCUT2D eigenvalue weighted by molar-refractivity contribution is -0.126. The van der Waals surface area contributed by atoms with Crippen LogP contribution in [0.4, 0.5) is 0 Å². The van der Waals surface area contributed by atoms with E-state index in [2.05, 4.69) is 36.2 Å². The average molecular weight is 399 g/mol. The zero-order chi connectivity index (χ0) is 20.6. The maximum atomic E-state index is 12.6. The van der Waals surface area contributed by atoms with Gasteiger partial charge in [0.1, 0.15) is 5.58 Å². The molecular weight excluding hydrogens is 364 g/mol. The fraction of sp³-hybridized carbons (Fsp3) is 0.583. The molecule has 1 aliphatic heterocycles. The van der Waals surface area contributed by atoms with Gasteiger partial charge in [0.05, 0.1) is 5.92 Å². The number of likely N-dealkylation sites (tertiary alicyclic amines) is 1. The van der Waals surface area contributed by atoms with Gasteiger partial charge in [-0.2, -0.15) is 0 Å². The number of hydrogen-bond acceptors (Lipinski definition) is 4. The van der Waals surface area contributed by atoms with Gasteiger partial charge < -0.3 is 9.73 Å². The average Bonchev–Trinajstić information content (AvgIpc) is 2.73. The molecule has 2 aromatic rings. The number of benzene rings is 1. The highest BCUT2D eigenvalue weighted by molar-refractivity contribution is 5.81. The highest BCUT2D eigenvalue weighted by Gasteiger charge is 2.26. The van der Waals surface area contributed by atoms with Crippen molar-refractivity contribution in [2.24, 2.45) is 5.92 Å². The molecule has 1 saturated heterocycles. The van der Waals surface area contributed by atoms with Gasteiger partial charge in [-0.05, 0) is 49.4 Å². The number of unbranched alkanes of at least 4 members (excludes halogenated alkanes) is 3. The summed E-state index contributed by atoms with van der Waals surface area (Å²) >= 11 is 0. The summed E-state index contributed by atoms with van der Waals surface area (Å²) in [5, 5.41) is 4.11. The minimum atomic E-state index is -0.306. The Balaban J connectivity index is 1.63. The van der Waals surface area contributed by atoms with Crippen LogP contribution in [0.25, 0.3) is 11.0 Å². The molecule has 5 heteroatoms. The Kier molecular flexibility index (Phi) is 7.87. The van der Waals surface area contributed by atoms with Crippen molar-refractivity contribution in [3.8, 4) is 0 Å². The maximum Gasteiger partial charge on any atom is 0.336 e. The predicted octanol–water partition coefficient (Wildman–Crippen LogP) is 4.26. The number of carbonyl (C=O) groups excluding carboxylic acids is 1. The molecule has 3 rings (SSSR count). The Morgan fingerprint density at radius 3 is 2.86 bits per heavy atom. The molecule has 0 saturated carbocycles. The van der Waals surface area contributed by atoms with Gasteiger partial charge in [-0.1, -0.05) is 45.2 Å². The van der Waals surface area contributed by atoms with Crippen molar-refractivity contribution in [1.82, 2.24) is 10.2 Å². The van der Waals surface area contributed by atoms with Crippen LogP contribution >= 0.6 is 0 Å². The fourth-order valence-corrected chi connectivity index (χ4v) is 4.19. The van der Waals surface area contributed by atoms with Crippen LogP contribution in [0.3, 0.4) is 0 Å².